The SMILES string of the molecule is CCCCC/C=C\CCCCCCCC(=O)OCC(COC(=O)CCCCCCCCCCCCCCCCCCCC)OC(=O)CCCCCCCCCCCCCCC. The molecule has 0 saturated carbocycles. The number of esters is 3. The molecule has 0 heterocycles. The minimum atomic E-state index is -0.766. The van der Waals surface area contributed by atoms with Crippen LogP contribution in [0.1, 0.15) is 303 Å². The molecule has 6 heteroatoms. The second kappa shape index (κ2) is 50.8. The monoisotopic (exact) mass is 861 g/mol. The van der Waals surface area contributed by atoms with Crippen molar-refractivity contribution in [1.82, 2.24) is 0 Å². The van der Waals surface area contributed by atoms with Crippen LogP contribution in [0, 0.1) is 0 Å². The Morgan fingerprint density at radius 2 is 0.541 bits per heavy atom. The Balaban J connectivity index is 4.28. The highest BCUT2D eigenvalue weighted by atomic mass is 16.6. The molecule has 0 amide bonds. The van der Waals surface area contributed by atoms with E-state index in [-0.39, 0.29) is 31.1 Å². The van der Waals surface area contributed by atoms with Crippen LogP contribution in [0.15, 0.2) is 12.2 Å². The van der Waals surface area contributed by atoms with Crippen LogP contribution in [0.2, 0.25) is 0 Å². The molecular weight excluding hydrogens is 757 g/mol. The summed E-state index contributed by atoms with van der Waals surface area (Å²) in [7, 11) is 0. The van der Waals surface area contributed by atoms with Crippen molar-refractivity contribution in [2.24, 2.45) is 0 Å². The van der Waals surface area contributed by atoms with Crippen molar-refractivity contribution >= 4 is 17.9 Å². The van der Waals surface area contributed by atoms with Crippen molar-refractivity contribution in [3.63, 3.8) is 0 Å². The third-order valence-electron chi connectivity index (χ3n) is 12.3. The van der Waals surface area contributed by atoms with Gasteiger partial charge in [0.05, 0.1) is 0 Å². The van der Waals surface area contributed by atoms with E-state index in [9.17, 15) is 14.4 Å². The standard InChI is InChI=1S/C55H104O6/c1-4-7-10-13-16-19-22-25-26-27-28-29-31-33-36-39-42-45-48-54(57)60-51-52(50-59-53(56)47-44-41-38-35-32-24-21-18-15-12-9-6-3)61-55(58)49-46-43-40-37-34-30-23-20-17-14-11-8-5-2/h18,21,52H,4-17,19-20,22-51H2,1-3H3/b21-18-. The third-order valence-corrected chi connectivity index (χ3v) is 12.3. The van der Waals surface area contributed by atoms with E-state index >= 15 is 0 Å². The van der Waals surface area contributed by atoms with Gasteiger partial charge in [0, 0.05) is 19.3 Å². The van der Waals surface area contributed by atoms with Crippen LogP contribution >= 0.6 is 0 Å². The van der Waals surface area contributed by atoms with Gasteiger partial charge in [-0.2, -0.15) is 0 Å². The van der Waals surface area contributed by atoms with Gasteiger partial charge in [-0.05, 0) is 44.9 Å². The summed E-state index contributed by atoms with van der Waals surface area (Å²) in [6, 6.07) is 0. The van der Waals surface area contributed by atoms with Crippen LogP contribution in [0.5, 0.6) is 0 Å². The number of carbonyl (C=O) groups is 3. The van der Waals surface area contributed by atoms with Gasteiger partial charge in [0.25, 0.3) is 0 Å². The molecular formula is C55H104O6. The maximum Gasteiger partial charge on any atom is 0.306 e. The predicted molar refractivity (Wildman–Crippen MR) is 261 cm³/mol. The lowest BCUT2D eigenvalue weighted by Gasteiger charge is -2.18. The third kappa shape index (κ3) is 49.0. The topological polar surface area (TPSA) is 78.9 Å². The molecule has 0 aromatic heterocycles. The summed E-state index contributed by atoms with van der Waals surface area (Å²) in [5.41, 5.74) is 0. The summed E-state index contributed by atoms with van der Waals surface area (Å²) in [6.07, 6.45) is 56.2. The summed E-state index contributed by atoms with van der Waals surface area (Å²) in [4.78, 5) is 38.0. The molecule has 0 N–H and O–H groups in total. The quantitative estimate of drug-likeness (QED) is 0.0262. The molecule has 0 bridgehead atoms. The smallest absolute Gasteiger partial charge is 0.306 e. The van der Waals surface area contributed by atoms with Crippen LogP contribution in [-0.2, 0) is 28.6 Å². The second-order valence-electron chi connectivity index (χ2n) is 18.5. The molecule has 360 valence electrons. The fourth-order valence-corrected chi connectivity index (χ4v) is 8.14. The Morgan fingerprint density at radius 1 is 0.311 bits per heavy atom. The lowest BCUT2D eigenvalue weighted by molar-refractivity contribution is -0.167. The fourth-order valence-electron chi connectivity index (χ4n) is 8.14. The van der Waals surface area contributed by atoms with Gasteiger partial charge in [0.1, 0.15) is 13.2 Å². The van der Waals surface area contributed by atoms with Crippen molar-refractivity contribution < 1.29 is 28.6 Å². The number of hydrogen-bond acceptors (Lipinski definition) is 6. The lowest BCUT2D eigenvalue weighted by atomic mass is 10.0. The van der Waals surface area contributed by atoms with Gasteiger partial charge in [-0.15, -0.1) is 0 Å². The maximum atomic E-state index is 12.8. The van der Waals surface area contributed by atoms with E-state index in [0.717, 1.165) is 64.2 Å². The first-order valence-electron chi connectivity index (χ1n) is 27.2. The molecule has 61 heavy (non-hydrogen) atoms. The molecule has 0 aliphatic heterocycles. The molecule has 0 fully saturated rings. The second-order valence-corrected chi connectivity index (χ2v) is 18.5. The van der Waals surface area contributed by atoms with Crippen molar-refractivity contribution in [2.75, 3.05) is 13.2 Å². The highest BCUT2D eigenvalue weighted by molar-refractivity contribution is 5.71. The summed E-state index contributed by atoms with van der Waals surface area (Å²) < 4.78 is 16.8. The molecule has 0 aliphatic rings. The van der Waals surface area contributed by atoms with Crippen molar-refractivity contribution in [3.8, 4) is 0 Å². The highest BCUT2D eigenvalue weighted by Crippen LogP contribution is 2.17. The summed E-state index contributed by atoms with van der Waals surface area (Å²) in [5.74, 6) is -0.857. The van der Waals surface area contributed by atoms with Crippen LogP contribution in [0.4, 0.5) is 0 Å². The van der Waals surface area contributed by atoms with E-state index in [1.165, 1.54) is 199 Å². The number of unbranched alkanes of at least 4 members (excludes halogenated alkanes) is 37. The normalized spacial score (nSPS) is 12.0. The first-order valence-corrected chi connectivity index (χ1v) is 27.2. The number of allylic oxidation sites excluding steroid dienone is 2. The Kier molecular flexibility index (Phi) is 49.3. The molecule has 0 radical (unpaired) electrons. The molecule has 0 aliphatic carbocycles. The average molecular weight is 861 g/mol. The Morgan fingerprint density at radius 3 is 0.852 bits per heavy atom. The first-order chi connectivity index (χ1) is 30.0. The van der Waals surface area contributed by atoms with Gasteiger partial charge in [-0.1, -0.05) is 251 Å². The van der Waals surface area contributed by atoms with Crippen LogP contribution in [0.25, 0.3) is 0 Å². The zero-order chi connectivity index (χ0) is 44.4. The van der Waals surface area contributed by atoms with Gasteiger partial charge < -0.3 is 14.2 Å². The molecule has 0 aromatic rings. The lowest BCUT2D eigenvalue weighted by Crippen LogP contribution is -2.30. The van der Waals surface area contributed by atoms with E-state index < -0.39 is 6.10 Å². The summed E-state index contributed by atoms with van der Waals surface area (Å²) in [5, 5.41) is 0. The molecule has 1 atom stereocenters. The van der Waals surface area contributed by atoms with Crippen molar-refractivity contribution in [3.05, 3.63) is 12.2 Å². The van der Waals surface area contributed by atoms with Gasteiger partial charge in [0.2, 0.25) is 0 Å². The van der Waals surface area contributed by atoms with Crippen LogP contribution in [-0.4, -0.2) is 37.2 Å². The molecule has 6 nitrogen and oxygen atoms in total. The number of rotatable bonds is 50. The Bertz CT molecular complexity index is 947. The number of ether oxygens (including phenoxy) is 3. The van der Waals surface area contributed by atoms with Crippen LogP contribution in [0.3, 0.4) is 0 Å². The molecule has 0 aromatic carbocycles. The van der Waals surface area contributed by atoms with Gasteiger partial charge >= 0.3 is 17.9 Å². The van der Waals surface area contributed by atoms with E-state index in [4.69, 9.17) is 14.2 Å². The van der Waals surface area contributed by atoms with E-state index in [0.29, 0.717) is 19.3 Å². The van der Waals surface area contributed by atoms with E-state index in [1.807, 2.05) is 0 Å². The van der Waals surface area contributed by atoms with E-state index in [2.05, 4.69) is 32.9 Å². The molecule has 0 rings (SSSR count). The summed E-state index contributed by atoms with van der Waals surface area (Å²) >= 11 is 0. The molecule has 0 saturated heterocycles. The van der Waals surface area contributed by atoms with Gasteiger partial charge in [0.15, 0.2) is 6.10 Å². The van der Waals surface area contributed by atoms with Gasteiger partial charge in [-0.3, -0.25) is 14.4 Å². The van der Waals surface area contributed by atoms with Gasteiger partial charge in [-0.25, -0.2) is 0 Å². The largest absolute Gasteiger partial charge is 0.462 e. The zero-order valence-corrected chi connectivity index (χ0v) is 41.2. The maximum absolute atomic E-state index is 12.8. The predicted octanol–water partition coefficient (Wildman–Crippen LogP) is 17.8. The molecule has 1 unspecified atom stereocenters. The van der Waals surface area contributed by atoms with Crippen molar-refractivity contribution in [2.45, 2.75) is 309 Å². The Hall–Kier alpha value is -1.85. The van der Waals surface area contributed by atoms with E-state index in [1.54, 1.807) is 0 Å². The molecule has 0 spiro atoms. The minimum absolute atomic E-state index is 0.0669. The summed E-state index contributed by atoms with van der Waals surface area (Å²) in [6.45, 7) is 6.65. The van der Waals surface area contributed by atoms with Crippen molar-refractivity contribution in [1.29, 1.82) is 0 Å². The minimum Gasteiger partial charge on any atom is -0.462 e. The average Bonchev–Trinajstić information content (AvgIpc) is 3.26. The highest BCUT2D eigenvalue weighted by Gasteiger charge is 2.19. The van der Waals surface area contributed by atoms with Crippen LogP contribution < -0.4 is 0 Å². The zero-order valence-electron chi connectivity index (χ0n) is 41.2. The Labute approximate surface area is 380 Å². The first kappa shape index (κ1) is 59.1. The number of carbonyl (C=O) groups excluding carboxylic acids is 3. The number of hydrogen-bond donors (Lipinski definition) is 0. The fraction of sp³-hybridized carbons (Fsp3) is 0.909.